The Kier molecular flexibility index (Phi) is 2.70. The van der Waals surface area contributed by atoms with Crippen LogP contribution >= 0.6 is 22.9 Å². The van der Waals surface area contributed by atoms with Crippen molar-refractivity contribution in [1.82, 2.24) is 4.98 Å². The van der Waals surface area contributed by atoms with Crippen LogP contribution in [0, 0.1) is 0 Å². The van der Waals surface area contributed by atoms with Crippen LogP contribution in [0.25, 0.3) is 5.57 Å². The van der Waals surface area contributed by atoms with E-state index in [0.29, 0.717) is 0 Å². The Morgan fingerprint density at radius 1 is 1.43 bits per heavy atom. The standard InChI is InChI=1S/C10H8ClNOS/c11-8-3-1-2-7(4-5-8)9-6-14-10(13)12-9/h1-2,4-6H,3H2,(H,12,13). The normalized spacial score (nSPS) is 16.1. The quantitative estimate of drug-likeness (QED) is 0.783. The summed E-state index contributed by atoms with van der Waals surface area (Å²) in [7, 11) is 0. The van der Waals surface area contributed by atoms with Gasteiger partial charge in [0.2, 0.25) is 0 Å². The van der Waals surface area contributed by atoms with Gasteiger partial charge in [-0.3, -0.25) is 4.79 Å². The lowest BCUT2D eigenvalue weighted by atomic mass is 10.2. The van der Waals surface area contributed by atoms with Crippen molar-refractivity contribution in [1.29, 1.82) is 0 Å². The molecule has 72 valence electrons. The monoisotopic (exact) mass is 225 g/mol. The minimum atomic E-state index is -0.0337. The molecular weight excluding hydrogens is 218 g/mol. The van der Waals surface area contributed by atoms with Crippen molar-refractivity contribution < 1.29 is 0 Å². The molecule has 0 atom stereocenters. The molecule has 2 rings (SSSR count). The van der Waals surface area contributed by atoms with Crippen LogP contribution in [0.4, 0.5) is 0 Å². The minimum absolute atomic E-state index is 0.0337. The van der Waals surface area contributed by atoms with Crippen molar-refractivity contribution in [2.45, 2.75) is 6.42 Å². The topological polar surface area (TPSA) is 32.9 Å². The number of nitrogens with one attached hydrogen (secondary N) is 1. The Morgan fingerprint density at radius 2 is 2.29 bits per heavy atom. The zero-order chi connectivity index (χ0) is 9.97. The second-order valence-corrected chi connectivity index (χ2v) is 4.23. The maximum absolute atomic E-state index is 11.0. The lowest BCUT2D eigenvalue weighted by Gasteiger charge is -1.93. The van der Waals surface area contributed by atoms with Gasteiger partial charge in [-0.2, -0.15) is 0 Å². The Labute approximate surface area is 90.2 Å². The fraction of sp³-hybridized carbons (Fsp3) is 0.100. The first-order valence-electron chi connectivity index (χ1n) is 4.17. The maximum Gasteiger partial charge on any atom is 0.304 e. The zero-order valence-electron chi connectivity index (χ0n) is 7.29. The number of halogens is 1. The fourth-order valence-electron chi connectivity index (χ4n) is 1.20. The van der Waals surface area contributed by atoms with Gasteiger partial charge in [0.05, 0.1) is 5.69 Å². The molecule has 1 aromatic heterocycles. The molecule has 0 bridgehead atoms. The highest BCUT2D eigenvalue weighted by molar-refractivity contribution is 7.07. The third-order valence-corrected chi connectivity index (χ3v) is 2.84. The van der Waals surface area contributed by atoms with E-state index in [2.05, 4.69) is 4.98 Å². The van der Waals surface area contributed by atoms with E-state index >= 15 is 0 Å². The number of aromatic nitrogens is 1. The van der Waals surface area contributed by atoms with E-state index in [0.717, 1.165) is 22.7 Å². The summed E-state index contributed by atoms with van der Waals surface area (Å²) in [5, 5.41) is 2.61. The number of thiazole rings is 1. The van der Waals surface area contributed by atoms with Gasteiger partial charge in [-0.05, 0) is 11.6 Å². The van der Waals surface area contributed by atoms with Gasteiger partial charge in [-0.15, -0.1) is 0 Å². The van der Waals surface area contributed by atoms with Gasteiger partial charge in [-0.25, -0.2) is 0 Å². The molecule has 4 heteroatoms. The van der Waals surface area contributed by atoms with E-state index in [9.17, 15) is 4.79 Å². The van der Waals surface area contributed by atoms with Gasteiger partial charge in [0, 0.05) is 16.8 Å². The molecule has 0 saturated carbocycles. The number of rotatable bonds is 1. The van der Waals surface area contributed by atoms with E-state index in [-0.39, 0.29) is 4.87 Å². The molecule has 1 aliphatic rings. The van der Waals surface area contributed by atoms with Crippen molar-refractivity contribution in [2.24, 2.45) is 0 Å². The molecule has 0 saturated heterocycles. The predicted octanol–water partition coefficient (Wildman–Crippen LogP) is 2.90. The summed E-state index contributed by atoms with van der Waals surface area (Å²) in [6, 6.07) is 0. The van der Waals surface area contributed by atoms with Crippen LogP contribution in [0.2, 0.25) is 0 Å². The van der Waals surface area contributed by atoms with Crippen molar-refractivity contribution in [2.75, 3.05) is 0 Å². The third-order valence-electron chi connectivity index (χ3n) is 1.89. The van der Waals surface area contributed by atoms with Gasteiger partial charge in [-0.1, -0.05) is 41.2 Å². The number of allylic oxidation sites excluding steroid dienone is 6. The summed E-state index contributed by atoms with van der Waals surface area (Å²) in [5.41, 5.74) is 1.83. The SMILES string of the molecule is O=c1[nH]c(C2=CC=C(Cl)CC=C2)cs1. The first-order chi connectivity index (χ1) is 6.75. The molecule has 1 heterocycles. The van der Waals surface area contributed by atoms with Gasteiger partial charge in [0.1, 0.15) is 0 Å². The smallest absolute Gasteiger partial charge is 0.304 e. The third kappa shape index (κ3) is 2.05. The average molecular weight is 226 g/mol. The summed E-state index contributed by atoms with van der Waals surface area (Å²) < 4.78 is 0. The van der Waals surface area contributed by atoms with E-state index in [1.54, 1.807) is 0 Å². The van der Waals surface area contributed by atoms with Gasteiger partial charge in [0.25, 0.3) is 0 Å². The number of hydrogen-bond acceptors (Lipinski definition) is 2. The molecule has 1 aromatic rings. The van der Waals surface area contributed by atoms with Crippen LogP contribution in [0.3, 0.4) is 0 Å². The lowest BCUT2D eigenvalue weighted by Crippen LogP contribution is -1.93. The number of hydrogen-bond donors (Lipinski definition) is 1. The number of H-pyrrole nitrogens is 1. The molecule has 0 fully saturated rings. The average Bonchev–Trinajstić information content (AvgIpc) is 2.46. The fourth-order valence-corrected chi connectivity index (χ4v) is 1.94. The summed E-state index contributed by atoms with van der Waals surface area (Å²) in [4.78, 5) is 13.7. The van der Waals surface area contributed by atoms with Gasteiger partial charge >= 0.3 is 4.87 Å². The zero-order valence-corrected chi connectivity index (χ0v) is 8.86. The van der Waals surface area contributed by atoms with E-state index < -0.39 is 0 Å². The summed E-state index contributed by atoms with van der Waals surface area (Å²) >= 11 is 7.04. The van der Waals surface area contributed by atoms with Crippen molar-refractivity contribution in [3.05, 3.63) is 50.1 Å². The van der Waals surface area contributed by atoms with Gasteiger partial charge in [0.15, 0.2) is 0 Å². The first-order valence-corrected chi connectivity index (χ1v) is 5.42. The maximum atomic E-state index is 11.0. The number of aromatic amines is 1. The van der Waals surface area contributed by atoms with Crippen LogP contribution in [-0.4, -0.2) is 4.98 Å². The molecule has 1 aliphatic carbocycles. The lowest BCUT2D eigenvalue weighted by molar-refractivity contribution is 1.30. The first kappa shape index (κ1) is 9.49. The minimum Gasteiger partial charge on any atom is -0.312 e. The highest BCUT2D eigenvalue weighted by Crippen LogP contribution is 2.20. The molecule has 0 aromatic carbocycles. The van der Waals surface area contributed by atoms with Crippen LogP contribution in [0.1, 0.15) is 12.1 Å². The molecule has 14 heavy (non-hydrogen) atoms. The summed E-state index contributed by atoms with van der Waals surface area (Å²) in [6.45, 7) is 0. The molecule has 0 spiro atoms. The van der Waals surface area contributed by atoms with Crippen LogP contribution < -0.4 is 4.87 Å². The van der Waals surface area contributed by atoms with E-state index in [1.165, 1.54) is 11.3 Å². The van der Waals surface area contributed by atoms with Crippen molar-refractivity contribution in [3.8, 4) is 0 Å². The molecule has 0 unspecified atom stereocenters. The molecule has 0 radical (unpaired) electrons. The molecule has 2 nitrogen and oxygen atoms in total. The molecule has 0 aliphatic heterocycles. The highest BCUT2D eigenvalue weighted by Gasteiger charge is 2.02. The Morgan fingerprint density at radius 3 is 3.00 bits per heavy atom. The molecule has 0 amide bonds. The van der Waals surface area contributed by atoms with Crippen LogP contribution in [-0.2, 0) is 0 Å². The highest BCUT2D eigenvalue weighted by atomic mass is 35.5. The van der Waals surface area contributed by atoms with Crippen molar-refractivity contribution >= 4 is 28.5 Å². The largest absolute Gasteiger partial charge is 0.312 e. The second kappa shape index (κ2) is 3.98. The Balaban J connectivity index is 2.40. The predicted molar refractivity (Wildman–Crippen MR) is 60.6 cm³/mol. The molecule has 1 N–H and O–H groups in total. The Bertz CT molecular complexity index is 478. The molecular formula is C10H8ClNOS. The van der Waals surface area contributed by atoms with E-state index in [1.807, 2.05) is 29.7 Å². The van der Waals surface area contributed by atoms with E-state index in [4.69, 9.17) is 11.6 Å². The van der Waals surface area contributed by atoms with Crippen molar-refractivity contribution in [3.63, 3.8) is 0 Å². The van der Waals surface area contributed by atoms with Crippen LogP contribution in [0.5, 0.6) is 0 Å². The summed E-state index contributed by atoms with van der Waals surface area (Å²) in [6.07, 6.45) is 8.45. The summed E-state index contributed by atoms with van der Waals surface area (Å²) in [5.74, 6) is 0. The second-order valence-electron chi connectivity index (χ2n) is 2.90. The van der Waals surface area contributed by atoms with Crippen LogP contribution in [0.15, 0.2) is 39.5 Å². The Hall–Kier alpha value is -1.06. The van der Waals surface area contributed by atoms with Gasteiger partial charge < -0.3 is 4.98 Å².